The zero-order chi connectivity index (χ0) is 12.1. The van der Waals surface area contributed by atoms with Gasteiger partial charge in [0.2, 0.25) is 0 Å². The fourth-order valence-corrected chi connectivity index (χ4v) is 1.66. The van der Waals surface area contributed by atoms with Crippen molar-refractivity contribution in [1.82, 2.24) is 5.32 Å². The van der Waals surface area contributed by atoms with Crippen molar-refractivity contribution >= 4 is 5.91 Å². The van der Waals surface area contributed by atoms with E-state index in [1.165, 1.54) is 13.2 Å². The molecule has 1 aromatic carbocycles. The monoisotopic (exact) mass is 223 g/mol. The molecule has 0 saturated carbocycles. The number of carbonyl (C=O) groups is 1. The van der Waals surface area contributed by atoms with Gasteiger partial charge >= 0.3 is 0 Å². The Morgan fingerprint density at radius 1 is 1.50 bits per heavy atom. The van der Waals surface area contributed by atoms with Gasteiger partial charge in [0.25, 0.3) is 5.91 Å². The molecule has 0 fully saturated rings. The lowest BCUT2D eigenvalue weighted by Crippen LogP contribution is -2.19. The molecule has 2 N–H and O–H groups in total. The average Bonchev–Trinajstić information content (AvgIpc) is 2.30. The summed E-state index contributed by atoms with van der Waals surface area (Å²) in [6.45, 7) is 2.01. The first-order valence-electron chi connectivity index (χ1n) is 5.26. The highest BCUT2D eigenvalue weighted by Crippen LogP contribution is 2.32. The highest BCUT2D eigenvalue weighted by atomic mass is 16.5. The third-order valence-electron chi connectivity index (χ3n) is 2.41. The van der Waals surface area contributed by atoms with E-state index in [1.54, 1.807) is 13.1 Å². The lowest BCUT2D eigenvalue weighted by atomic mass is 10.0. The Morgan fingerprint density at radius 3 is 2.69 bits per heavy atom. The van der Waals surface area contributed by atoms with Gasteiger partial charge in [0.1, 0.15) is 11.5 Å². The van der Waals surface area contributed by atoms with Crippen LogP contribution in [0.25, 0.3) is 0 Å². The van der Waals surface area contributed by atoms with E-state index < -0.39 is 0 Å². The van der Waals surface area contributed by atoms with Crippen LogP contribution in [0.2, 0.25) is 0 Å². The summed E-state index contributed by atoms with van der Waals surface area (Å²) in [5.74, 6) is 0.418. The molecule has 4 heteroatoms. The molecule has 0 heterocycles. The third-order valence-corrected chi connectivity index (χ3v) is 2.41. The van der Waals surface area contributed by atoms with E-state index >= 15 is 0 Å². The van der Waals surface area contributed by atoms with Crippen LogP contribution in [0.3, 0.4) is 0 Å². The Kier molecular flexibility index (Phi) is 4.17. The molecule has 0 aliphatic carbocycles. The quantitative estimate of drug-likeness (QED) is 0.817. The van der Waals surface area contributed by atoms with Gasteiger partial charge in [-0.2, -0.15) is 0 Å². The average molecular weight is 223 g/mol. The van der Waals surface area contributed by atoms with E-state index in [0.29, 0.717) is 23.3 Å². The van der Waals surface area contributed by atoms with Gasteiger partial charge < -0.3 is 15.2 Å². The molecular formula is C12H17NO3. The van der Waals surface area contributed by atoms with E-state index in [1.807, 2.05) is 6.92 Å². The third kappa shape index (κ3) is 2.27. The second-order valence-electron chi connectivity index (χ2n) is 3.47. The Bertz CT molecular complexity index is 388. The van der Waals surface area contributed by atoms with Crippen molar-refractivity contribution in [3.63, 3.8) is 0 Å². The number of amides is 1. The summed E-state index contributed by atoms with van der Waals surface area (Å²) in [6.07, 6.45) is 1.56. The van der Waals surface area contributed by atoms with Crippen LogP contribution in [0.1, 0.15) is 29.3 Å². The number of benzene rings is 1. The summed E-state index contributed by atoms with van der Waals surface area (Å²) in [5.41, 5.74) is 1.14. The minimum absolute atomic E-state index is 0.173. The highest BCUT2D eigenvalue weighted by molar-refractivity contribution is 5.97. The van der Waals surface area contributed by atoms with Gasteiger partial charge in [0.05, 0.1) is 12.7 Å². The van der Waals surface area contributed by atoms with Crippen molar-refractivity contribution in [2.75, 3.05) is 14.2 Å². The number of nitrogens with one attached hydrogen (secondary N) is 1. The minimum atomic E-state index is -0.214. The molecule has 0 spiro atoms. The zero-order valence-corrected chi connectivity index (χ0v) is 9.83. The maximum absolute atomic E-state index is 11.6. The number of rotatable bonds is 4. The van der Waals surface area contributed by atoms with Crippen LogP contribution >= 0.6 is 0 Å². The van der Waals surface area contributed by atoms with E-state index in [9.17, 15) is 9.90 Å². The van der Waals surface area contributed by atoms with Gasteiger partial charge in [-0.05, 0) is 18.6 Å². The van der Waals surface area contributed by atoms with Crippen LogP contribution in [0.5, 0.6) is 11.5 Å². The predicted molar refractivity (Wildman–Crippen MR) is 62.0 cm³/mol. The van der Waals surface area contributed by atoms with Crippen molar-refractivity contribution in [3.8, 4) is 11.5 Å². The van der Waals surface area contributed by atoms with Crippen LogP contribution < -0.4 is 10.1 Å². The van der Waals surface area contributed by atoms with Gasteiger partial charge in [0.15, 0.2) is 0 Å². The molecule has 0 radical (unpaired) electrons. The van der Waals surface area contributed by atoms with E-state index in [0.717, 1.165) is 6.42 Å². The van der Waals surface area contributed by atoms with Gasteiger partial charge in [-0.15, -0.1) is 0 Å². The van der Waals surface area contributed by atoms with Crippen molar-refractivity contribution < 1.29 is 14.6 Å². The molecule has 0 aliphatic heterocycles. The Balaban J connectivity index is 3.30. The number of carbonyl (C=O) groups excluding carboxylic acids is 1. The second kappa shape index (κ2) is 5.39. The number of hydrogen-bond acceptors (Lipinski definition) is 3. The molecule has 0 aromatic heterocycles. The van der Waals surface area contributed by atoms with Crippen molar-refractivity contribution in [2.45, 2.75) is 19.8 Å². The molecule has 4 nitrogen and oxygen atoms in total. The van der Waals surface area contributed by atoms with Crippen LogP contribution in [-0.4, -0.2) is 25.2 Å². The summed E-state index contributed by atoms with van der Waals surface area (Å²) < 4.78 is 5.21. The molecule has 0 atom stereocenters. The fourth-order valence-electron chi connectivity index (χ4n) is 1.66. The molecule has 0 bridgehead atoms. The number of phenolic OH excluding ortho intramolecular Hbond substituents is 1. The van der Waals surface area contributed by atoms with Crippen LogP contribution in [0.4, 0.5) is 0 Å². The standard InChI is InChI=1S/C12H17NO3/c1-4-5-8-10(14)7-6-9(11(8)16-3)12(15)13-2/h6-7,14H,4-5H2,1-3H3,(H,13,15). The molecular weight excluding hydrogens is 206 g/mol. The summed E-state index contributed by atoms with van der Waals surface area (Å²) in [4.78, 5) is 11.6. The molecule has 0 aliphatic rings. The van der Waals surface area contributed by atoms with Gasteiger partial charge in [-0.3, -0.25) is 4.79 Å². The number of aromatic hydroxyl groups is 1. The van der Waals surface area contributed by atoms with E-state index in [-0.39, 0.29) is 11.7 Å². The summed E-state index contributed by atoms with van der Waals surface area (Å²) in [5, 5.41) is 12.3. The molecule has 1 aromatic rings. The molecule has 16 heavy (non-hydrogen) atoms. The van der Waals surface area contributed by atoms with Crippen LogP contribution in [0, 0.1) is 0 Å². The van der Waals surface area contributed by atoms with E-state index in [2.05, 4.69) is 5.32 Å². The lowest BCUT2D eigenvalue weighted by molar-refractivity contribution is 0.0960. The first-order chi connectivity index (χ1) is 7.65. The summed E-state index contributed by atoms with van der Waals surface area (Å²) >= 11 is 0. The Morgan fingerprint density at radius 2 is 2.19 bits per heavy atom. The van der Waals surface area contributed by atoms with Crippen molar-refractivity contribution in [3.05, 3.63) is 23.3 Å². The van der Waals surface area contributed by atoms with Crippen LogP contribution in [-0.2, 0) is 6.42 Å². The Labute approximate surface area is 95.2 Å². The number of hydrogen-bond donors (Lipinski definition) is 2. The summed E-state index contributed by atoms with van der Waals surface area (Å²) in [7, 11) is 3.06. The molecule has 0 saturated heterocycles. The van der Waals surface area contributed by atoms with Crippen LogP contribution in [0.15, 0.2) is 12.1 Å². The maximum Gasteiger partial charge on any atom is 0.254 e. The normalized spacial score (nSPS) is 9.94. The number of phenols is 1. The SMILES string of the molecule is CCCc1c(O)ccc(C(=O)NC)c1OC. The topological polar surface area (TPSA) is 58.6 Å². The number of ether oxygens (including phenoxy) is 1. The van der Waals surface area contributed by atoms with Crippen molar-refractivity contribution in [1.29, 1.82) is 0 Å². The number of methoxy groups -OCH3 is 1. The summed E-state index contributed by atoms with van der Waals surface area (Å²) in [6, 6.07) is 3.09. The predicted octanol–water partition coefficient (Wildman–Crippen LogP) is 1.71. The largest absolute Gasteiger partial charge is 0.508 e. The molecule has 1 amide bonds. The minimum Gasteiger partial charge on any atom is -0.508 e. The van der Waals surface area contributed by atoms with Crippen molar-refractivity contribution in [2.24, 2.45) is 0 Å². The second-order valence-corrected chi connectivity index (χ2v) is 3.47. The van der Waals surface area contributed by atoms with E-state index in [4.69, 9.17) is 4.74 Å². The van der Waals surface area contributed by atoms with Gasteiger partial charge in [0, 0.05) is 12.6 Å². The smallest absolute Gasteiger partial charge is 0.254 e. The zero-order valence-electron chi connectivity index (χ0n) is 9.83. The lowest BCUT2D eigenvalue weighted by Gasteiger charge is -2.13. The first kappa shape index (κ1) is 12.4. The molecule has 88 valence electrons. The fraction of sp³-hybridized carbons (Fsp3) is 0.417. The Hall–Kier alpha value is -1.71. The highest BCUT2D eigenvalue weighted by Gasteiger charge is 2.17. The maximum atomic E-state index is 11.6. The molecule has 1 rings (SSSR count). The van der Waals surface area contributed by atoms with Gasteiger partial charge in [-0.1, -0.05) is 13.3 Å². The van der Waals surface area contributed by atoms with Gasteiger partial charge in [-0.25, -0.2) is 0 Å². The first-order valence-corrected chi connectivity index (χ1v) is 5.26. The molecule has 0 unspecified atom stereocenters.